The third-order valence-corrected chi connectivity index (χ3v) is 4.98. The second kappa shape index (κ2) is 5.03. The lowest BCUT2D eigenvalue weighted by molar-refractivity contribution is -0.128. The Labute approximate surface area is 114 Å². The molecule has 1 atom stereocenters. The summed E-state index contributed by atoms with van der Waals surface area (Å²) in [6.07, 6.45) is 1.47. The van der Waals surface area contributed by atoms with Gasteiger partial charge in [0.25, 0.3) is 0 Å². The van der Waals surface area contributed by atoms with Crippen molar-refractivity contribution < 1.29 is 13.2 Å². The summed E-state index contributed by atoms with van der Waals surface area (Å²) in [6, 6.07) is 3.45. The number of carbonyl (C=O) groups is 1. The van der Waals surface area contributed by atoms with Gasteiger partial charge in [0, 0.05) is 42.0 Å². The van der Waals surface area contributed by atoms with Crippen molar-refractivity contribution in [3.63, 3.8) is 0 Å². The molecule has 0 bridgehead atoms. The van der Waals surface area contributed by atoms with Crippen molar-refractivity contribution in [2.75, 3.05) is 6.54 Å². The van der Waals surface area contributed by atoms with Gasteiger partial charge in [-0.25, -0.2) is 13.4 Å². The third-order valence-electron chi connectivity index (χ3n) is 2.77. The average molecular weight is 309 g/mol. The minimum absolute atomic E-state index is 0.0796. The van der Waals surface area contributed by atoms with Crippen LogP contribution in [0.4, 0.5) is 0 Å². The van der Waals surface area contributed by atoms with Crippen LogP contribution in [0, 0.1) is 0 Å². The van der Waals surface area contributed by atoms with Gasteiger partial charge in [-0.3, -0.25) is 4.79 Å². The predicted octanol–water partition coefficient (Wildman–Crippen LogP) is 1.40. The second-order valence-electron chi connectivity index (χ2n) is 4.03. The Kier molecular flexibility index (Phi) is 3.79. The highest BCUT2D eigenvalue weighted by Crippen LogP contribution is 2.24. The van der Waals surface area contributed by atoms with E-state index in [0.29, 0.717) is 10.7 Å². The molecule has 2 rings (SSSR count). The number of likely N-dealkylation sites (tertiary alicyclic amines) is 1. The number of pyridine rings is 1. The average Bonchev–Trinajstić information content (AvgIpc) is 2.63. The molecule has 1 fully saturated rings. The summed E-state index contributed by atoms with van der Waals surface area (Å²) in [6.45, 7) is 0.338. The number of halogens is 2. The quantitative estimate of drug-likeness (QED) is 0.625. The van der Waals surface area contributed by atoms with Gasteiger partial charge in [0.05, 0.1) is 0 Å². The lowest BCUT2D eigenvalue weighted by Crippen LogP contribution is -2.26. The predicted molar refractivity (Wildman–Crippen MR) is 67.8 cm³/mol. The van der Waals surface area contributed by atoms with Crippen molar-refractivity contribution in [1.29, 1.82) is 0 Å². The molecule has 98 valence electrons. The summed E-state index contributed by atoms with van der Waals surface area (Å²) in [5.74, 6) is -0.246. The van der Waals surface area contributed by atoms with E-state index < -0.39 is 14.3 Å². The van der Waals surface area contributed by atoms with Crippen LogP contribution >= 0.6 is 22.3 Å². The van der Waals surface area contributed by atoms with Crippen molar-refractivity contribution >= 4 is 37.2 Å². The van der Waals surface area contributed by atoms with E-state index >= 15 is 0 Å². The van der Waals surface area contributed by atoms with Gasteiger partial charge in [-0.2, -0.15) is 0 Å². The molecule has 0 aromatic carbocycles. The van der Waals surface area contributed by atoms with Gasteiger partial charge >= 0.3 is 0 Å². The summed E-state index contributed by atoms with van der Waals surface area (Å²) >= 11 is 5.88. The Morgan fingerprint density at radius 2 is 2.22 bits per heavy atom. The molecule has 1 aliphatic heterocycles. The largest absolute Gasteiger partial charge is 0.337 e. The number of amides is 1. The summed E-state index contributed by atoms with van der Waals surface area (Å²) in [4.78, 5) is 17.0. The molecule has 0 saturated carbocycles. The molecule has 0 radical (unpaired) electrons. The summed E-state index contributed by atoms with van der Waals surface area (Å²) in [7, 11) is 1.55. The Hall–Kier alpha value is -0.850. The summed E-state index contributed by atoms with van der Waals surface area (Å²) < 4.78 is 22.4. The van der Waals surface area contributed by atoms with Gasteiger partial charge < -0.3 is 4.90 Å². The number of aromatic nitrogens is 1. The molecule has 1 aromatic heterocycles. The molecule has 0 N–H and O–H groups in total. The molecule has 18 heavy (non-hydrogen) atoms. The lowest BCUT2D eigenvalue weighted by Gasteiger charge is -2.16. The first kappa shape index (κ1) is 13.6. The Morgan fingerprint density at radius 1 is 1.50 bits per heavy atom. The monoisotopic (exact) mass is 308 g/mol. The van der Waals surface area contributed by atoms with Crippen LogP contribution in [0.25, 0.3) is 0 Å². The maximum Gasteiger partial charge on any atom is 0.237 e. The first-order valence-corrected chi connectivity index (χ1v) is 7.93. The highest BCUT2D eigenvalue weighted by Gasteiger charge is 2.37. The van der Waals surface area contributed by atoms with Gasteiger partial charge in [-0.1, -0.05) is 17.7 Å². The second-order valence-corrected chi connectivity index (χ2v) is 7.30. The minimum Gasteiger partial charge on any atom is -0.337 e. The topological polar surface area (TPSA) is 67.3 Å². The van der Waals surface area contributed by atoms with E-state index in [4.69, 9.17) is 22.3 Å². The Balaban J connectivity index is 2.13. The van der Waals surface area contributed by atoms with Gasteiger partial charge in [0.1, 0.15) is 10.4 Å². The van der Waals surface area contributed by atoms with E-state index in [0.717, 1.165) is 0 Å². The standard InChI is InChI=1S/C10H10Cl2N2O3S/c11-10-7(2-1-3-13-10)5-14-6-8(4-9(14)15)18(12,16)17/h1-3,8H,4-6H2. The van der Waals surface area contributed by atoms with Gasteiger partial charge in [0.15, 0.2) is 0 Å². The molecule has 5 nitrogen and oxygen atoms in total. The van der Waals surface area contributed by atoms with E-state index in [-0.39, 0.29) is 25.4 Å². The molecule has 1 aromatic rings. The molecule has 1 unspecified atom stereocenters. The van der Waals surface area contributed by atoms with Crippen LogP contribution in [-0.4, -0.2) is 36.0 Å². The molecule has 0 aliphatic carbocycles. The molecule has 2 heterocycles. The number of hydrogen-bond acceptors (Lipinski definition) is 4. The smallest absolute Gasteiger partial charge is 0.237 e. The van der Waals surface area contributed by atoms with Gasteiger partial charge in [-0.05, 0) is 6.07 Å². The van der Waals surface area contributed by atoms with Crippen LogP contribution in [-0.2, 0) is 20.4 Å². The zero-order chi connectivity index (χ0) is 13.3. The van der Waals surface area contributed by atoms with Crippen molar-refractivity contribution in [2.24, 2.45) is 0 Å². The van der Waals surface area contributed by atoms with E-state index in [9.17, 15) is 13.2 Å². The fraction of sp³-hybridized carbons (Fsp3) is 0.400. The SMILES string of the molecule is O=C1CC(S(=O)(=O)Cl)CN1Cc1cccnc1Cl. The van der Waals surface area contributed by atoms with Crippen LogP contribution < -0.4 is 0 Å². The first-order chi connectivity index (χ1) is 8.38. The zero-order valence-electron chi connectivity index (χ0n) is 9.21. The number of carbonyl (C=O) groups excluding carboxylic acids is 1. The van der Waals surface area contributed by atoms with Crippen molar-refractivity contribution in [3.8, 4) is 0 Å². The van der Waals surface area contributed by atoms with Crippen molar-refractivity contribution in [1.82, 2.24) is 9.88 Å². The van der Waals surface area contributed by atoms with Crippen LogP contribution in [0.3, 0.4) is 0 Å². The van der Waals surface area contributed by atoms with Gasteiger partial charge in [0.2, 0.25) is 15.0 Å². The maximum atomic E-state index is 11.7. The molecule has 0 spiro atoms. The molecular weight excluding hydrogens is 299 g/mol. The highest BCUT2D eigenvalue weighted by atomic mass is 35.7. The Morgan fingerprint density at radius 3 is 2.78 bits per heavy atom. The molecular formula is C10H10Cl2N2O3S. The van der Waals surface area contributed by atoms with Gasteiger partial charge in [-0.15, -0.1) is 0 Å². The third kappa shape index (κ3) is 2.93. The Bertz CT molecular complexity index is 576. The summed E-state index contributed by atoms with van der Waals surface area (Å²) in [5.41, 5.74) is 0.681. The van der Waals surface area contributed by atoms with E-state index in [2.05, 4.69) is 4.98 Å². The molecule has 1 aliphatic rings. The summed E-state index contributed by atoms with van der Waals surface area (Å²) in [5, 5.41) is -0.537. The van der Waals surface area contributed by atoms with Crippen molar-refractivity contribution in [3.05, 3.63) is 29.0 Å². The normalized spacial score (nSPS) is 20.4. The molecule has 8 heteroatoms. The van der Waals surface area contributed by atoms with E-state index in [1.54, 1.807) is 18.3 Å². The maximum absolute atomic E-state index is 11.7. The highest BCUT2D eigenvalue weighted by molar-refractivity contribution is 8.14. The van der Waals surface area contributed by atoms with Crippen LogP contribution in [0.2, 0.25) is 5.15 Å². The van der Waals surface area contributed by atoms with Crippen LogP contribution in [0.5, 0.6) is 0 Å². The fourth-order valence-electron chi connectivity index (χ4n) is 1.82. The lowest BCUT2D eigenvalue weighted by atomic mass is 10.3. The minimum atomic E-state index is -3.71. The van der Waals surface area contributed by atoms with Crippen molar-refractivity contribution in [2.45, 2.75) is 18.2 Å². The molecule has 1 saturated heterocycles. The van der Waals surface area contributed by atoms with E-state index in [1.165, 1.54) is 4.90 Å². The zero-order valence-corrected chi connectivity index (χ0v) is 11.5. The first-order valence-electron chi connectivity index (χ1n) is 5.18. The van der Waals surface area contributed by atoms with E-state index in [1.807, 2.05) is 0 Å². The molecule has 1 amide bonds. The van der Waals surface area contributed by atoms with Crippen LogP contribution in [0.15, 0.2) is 18.3 Å². The number of nitrogens with zero attached hydrogens (tertiary/aromatic N) is 2. The fourth-order valence-corrected chi connectivity index (χ4v) is 3.06. The number of hydrogen-bond donors (Lipinski definition) is 0. The number of rotatable bonds is 3. The van der Waals surface area contributed by atoms with Crippen LogP contribution in [0.1, 0.15) is 12.0 Å².